The molecule has 2 rings (SSSR count). The summed E-state index contributed by atoms with van der Waals surface area (Å²) in [6, 6.07) is 16.7. The molecule has 3 amide bonds. The molecule has 0 aromatic heterocycles. The Morgan fingerprint density at radius 3 is 2.38 bits per heavy atom. The molecule has 0 fully saturated rings. The van der Waals surface area contributed by atoms with Crippen LogP contribution < -0.4 is 20.9 Å². The average Bonchev–Trinajstić information content (AvgIpc) is 2.70. The van der Waals surface area contributed by atoms with Crippen LogP contribution in [0, 0.1) is 5.92 Å². The lowest BCUT2D eigenvalue weighted by atomic mass is 10.2. The zero-order valence-electron chi connectivity index (χ0n) is 17.3. The number of hydrogen-bond acceptors (Lipinski definition) is 4. The first kappa shape index (κ1) is 22.1. The second kappa shape index (κ2) is 11.6. The molecule has 2 aromatic carbocycles. The highest BCUT2D eigenvalue weighted by Crippen LogP contribution is 2.15. The van der Waals surface area contributed by atoms with Gasteiger partial charge in [0.2, 0.25) is 0 Å². The summed E-state index contributed by atoms with van der Waals surface area (Å²) in [5, 5.41) is 8.26. The quantitative estimate of drug-likeness (QED) is 0.542. The molecule has 0 unspecified atom stereocenters. The van der Waals surface area contributed by atoms with E-state index in [-0.39, 0.29) is 11.9 Å². The van der Waals surface area contributed by atoms with E-state index in [1.165, 1.54) is 0 Å². The Labute approximate surface area is 172 Å². The minimum atomic E-state index is -0.511. The van der Waals surface area contributed by atoms with Gasteiger partial charge >= 0.3 is 12.1 Å². The highest BCUT2D eigenvalue weighted by atomic mass is 16.5. The second-order valence-electron chi connectivity index (χ2n) is 7.19. The van der Waals surface area contributed by atoms with Crippen LogP contribution in [0.3, 0.4) is 0 Å². The summed E-state index contributed by atoms with van der Waals surface area (Å²) in [5.74, 6) is 0.268. The third-order valence-electron chi connectivity index (χ3n) is 4.07. The van der Waals surface area contributed by atoms with Crippen molar-refractivity contribution in [1.82, 2.24) is 5.32 Å². The SMILES string of the molecule is CC(C)COC(=O)Nc1cccc(NC(=O)NCCCN(C)c2ccccc2)c1. The molecule has 0 heterocycles. The molecule has 7 heteroatoms. The largest absolute Gasteiger partial charge is 0.449 e. The molecular formula is C22H30N4O3. The smallest absolute Gasteiger partial charge is 0.411 e. The summed E-state index contributed by atoms with van der Waals surface area (Å²) in [6.07, 6.45) is 0.310. The fourth-order valence-electron chi connectivity index (χ4n) is 2.58. The van der Waals surface area contributed by atoms with Gasteiger partial charge in [0.1, 0.15) is 0 Å². The Bertz CT molecular complexity index is 781. The summed E-state index contributed by atoms with van der Waals surface area (Å²) in [7, 11) is 2.03. The van der Waals surface area contributed by atoms with Gasteiger partial charge < -0.3 is 20.3 Å². The molecule has 0 bridgehead atoms. The Hall–Kier alpha value is -3.22. The lowest BCUT2D eigenvalue weighted by molar-refractivity contribution is 0.147. The molecule has 7 nitrogen and oxygen atoms in total. The third kappa shape index (κ3) is 8.55. The maximum atomic E-state index is 12.1. The monoisotopic (exact) mass is 398 g/mol. The van der Waals surface area contributed by atoms with Crippen LogP contribution in [0.5, 0.6) is 0 Å². The number of carbonyl (C=O) groups is 2. The van der Waals surface area contributed by atoms with Crippen LogP contribution in [-0.2, 0) is 4.74 Å². The number of anilines is 3. The summed E-state index contributed by atoms with van der Waals surface area (Å²) >= 11 is 0. The van der Waals surface area contributed by atoms with E-state index in [0.717, 1.165) is 18.7 Å². The van der Waals surface area contributed by atoms with Gasteiger partial charge in [-0.2, -0.15) is 0 Å². The van der Waals surface area contributed by atoms with E-state index >= 15 is 0 Å². The standard InChI is InChI=1S/C22H30N4O3/c1-17(2)16-29-22(28)25-19-10-7-9-18(15-19)24-21(27)23-13-8-14-26(3)20-11-5-4-6-12-20/h4-7,9-12,15,17H,8,13-14,16H2,1-3H3,(H,25,28)(H2,23,24,27). The molecule has 3 N–H and O–H groups in total. The summed E-state index contributed by atoms with van der Waals surface area (Å²) < 4.78 is 5.09. The van der Waals surface area contributed by atoms with Gasteiger partial charge in [-0.3, -0.25) is 5.32 Å². The van der Waals surface area contributed by atoms with Gasteiger partial charge in [0.25, 0.3) is 0 Å². The number of ether oxygens (including phenoxy) is 1. The molecule has 29 heavy (non-hydrogen) atoms. The van der Waals surface area contributed by atoms with Crippen molar-refractivity contribution in [2.24, 2.45) is 5.92 Å². The zero-order valence-corrected chi connectivity index (χ0v) is 17.3. The first-order chi connectivity index (χ1) is 13.9. The van der Waals surface area contributed by atoms with E-state index in [1.807, 2.05) is 39.1 Å². The number of amides is 3. The van der Waals surface area contributed by atoms with Crippen LogP contribution in [0.4, 0.5) is 26.7 Å². The van der Waals surface area contributed by atoms with Crippen molar-refractivity contribution in [3.63, 3.8) is 0 Å². The Morgan fingerprint density at radius 2 is 1.69 bits per heavy atom. The molecule has 0 spiro atoms. The predicted molar refractivity (Wildman–Crippen MR) is 118 cm³/mol. The number of carbonyl (C=O) groups excluding carboxylic acids is 2. The number of hydrogen-bond donors (Lipinski definition) is 3. The van der Waals surface area contributed by atoms with Gasteiger partial charge in [-0.15, -0.1) is 0 Å². The highest BCUT2D eigenvalue weighted by molar-refractivity contribution is 5.91. The van der Waals surface area contributed by atoms with Crippen molar-refractivity contribution in [3.05, 3.63) is 54.6 Å². The molecule has 2 aromatic rings. The molecule has 0 saturated heterocycles. The van der Waals surface area contributed by atoms with Gasteiger partial charge in [0.05, 0.1) is 6.61 Å². The maximum Gasteiger partial charge on any atom is 0.411 e. The molecule has 0 aliphatic rings. The van der Waals surface area contributed by atoms with E-state index < -0.39 is 6.09 Å². The summed E-state index contributed by atoms with van der Waals surface area (Å²) in [6.45, 7) is 5.68. The van der Waals surface area contributed by atoms with Crippen molar-refractivity contribution in [2.45, 2.75) is 20.3 Å². The maximum absolute atomic E-state index is 12.1. The molecule has 0 aliphatic carbocycles. The van der Waals surface area contributed by atoms with E-state index in [4.69, 9.17) is 4.74 Å². The number of benzene rings is 2. The first-order valence-corrected chi connectivity index (χ1v) is 9.79. The number of para-hydroxylation sites is 1. The molecule has 0 atom stereocenters. The van der Waals surface area contributed by atoms with Crippen molar-refractivity contribution in [3.8, 4) is 0 Å². The van der Waals surface area contributed by atoms with Gasteiger partial charge in [-0.05, 0) is 42.7 Å². The zero-order chi connectivity index (χ0) is 21.1. The second-order valence-corrected chi connectivity index (χ2v) is 7.19. The van der Waals surface area contributed by atoms with E-state index in [0.29, 0.717) is 24.5 Å². The topological polar surface area (TPSA) is 82.7 Å². The van der Waals surface area contributed by atoms with Gasteiger partial charge in [-0.25, -0.2) is 9.59 Å². The molecule has 0 saturated carbocycles. The third-order valence-corrected chi connectivity index (χ3v) is 4.07. The molecule has 156 valence electrons. The fourth-order valence-corrected chi connectivity index (χ4v) is 2.58. The van der Waals surface area contributed by atoms with Crippen molar-refractivity contribution in [1.29, 1.82) is 0 Å². The van der Waals surface area contributed by atoms with Crippen LogP contribution in [-0.4, -0.2) is 38.9 Å². The summed E-state index contributed by atoms with van der Waals surface area (Å²) in [4.78, 5) is 26.0. The average molecular weight is 399 g/mol. The normalized spacial score (nSPS) is 10.3. The van der Waals surface area contributed by atoms with Gasteiger partial charge in [0.15, 0.2) is 0 Å². The van der Waals surface area contributed by atoms with E-state index in [9.17, 15) is 9.59 Å². The lowest BCUT2D eigenvalue weighted by Gasteiger charge is -2.19. The lowest BCUT2D eigenvalue weighted by Crippen LogP contribution is -2.31. The Morgan fingerprint density at radius 1 is 1.00 bits per heavy atom. The van der Waals surface area contributed by atoms with Crippen molar-refractivity contribution in [2.75, 3.05) is 42.3 Å². The number of urea groups is 1. The van der Waals surface area contributed by atoms with E-state index in [1.54, 1.807) is 24.3 Å². The van der Waals surface area contributed by atoms with Crippen molar-refractivity contribution >= 4 is 29.2 Å². The summed E-state index contributed by atoms with van der Waals surface area (Å²) in [5.41, 5.74) is 2.29. The number of nitrogens with one attached hydrogen (secondary N) is 3. The fraction of sp³-hybridized carbons (Fsp3) is 0.364. The van der Waals surface area contributed by atoms with Gasteiger partial charge in [0, 0.05) is 37.2 Å². The van der Waals surface area contributed by atoms with Crippen LogP contribution in [0.15, 0.2) is 54.6 Å². The number of nitrogens with zero attached hydrogens (tertiary/aromatic N) is 1. The first-order valence-electron chi connectivity index (χ1n) is 9.79. The van der Waals surface area contributed by atoms with E-state index in [2.05, 4.69) is 33.0 Å². The van der Waals surface area contributed by atoms with Gasteiger partial charge in [-0.1, -0.05) is 38.1 Å². The molecular weight excluding hydrogens is 368 g/mol. The molecule has 0 aliphatic heterocycles. The highest BCUT2D eigenvalue weighted by Gasteiger charge is 2.07. The van der Waals surface area contributed by atoms with Crippen LogP contribution in [0.25, 0.3) is 0 Å². The number of rotatable bonds is 9. The minimum absolute atomic E-state index is 0.268. The van der Waals surface area contributed by atoms with Crippen LogP contribution >= 0.6 is 0 Å². The van der Waals surface area contributed by atoms with Crippen molar-refractivity contribution < 1.29 is 14.3 Å². The van der Waals surface area contributed by atoms with Crippen LogP contribution in [0.2, 0.25) is 0 Å². The minimum Gasteiger partial charge on any atom is -0.449 e. The predicted octanol–water partition coefficient (Wildman–Crippen LogP) is 4.54. The Kier molecular flexibility index (Phi) is 8.82. The Balaban J connectivity index is 1.71. The molecule has 0 radical (unpaired) electrons. The van der Waals surface area contributed by atoms with Crippen LogP contribution in [0.1, 0.15) is 20.3 Å².